The number of anilines is 1. The number of nitrogens with zero attached hydrogens (tertiary/aromatic N) is 5. The molecule has 1 aliphatic heterocycles. The average molecular weight is 318 g/mol. The Morgan fingerprint density at radius 1 is 1.30 bits per heavy atom. The minimum Gasteiger partial charge on any atom is -0.310 e. The predicted octanol–water partition coefficient (Wildman–Crippen LogP) is 0.387. The molecule has 2 aromatic rings. The first-order valence-corrected chi connectivity index (χ1v) is 7.88. The molecule has 0 radical (unpaired) electrons. The van der Waals surface area contributed by atoms with Crippen LogP contribution in [0.5, 0.6) is 0 Å². The van der Waals surface area contributed by atoms with E-state index in [0.29, 0.717) is 19.4 Å². The minimum absolute atomic E-state index is 0.0656. The number of amides is 1. The quantitative estimate of drug-likeness (QED) is 0.887. The fourth-order valence-electron chi connectivity index (χ4n) is 3.25. The van der Waals surface area contributed by atoms with Crippen LogP contribution in [-0.4, -0.2) is 30.0 Å². The van der Waals surface area contributed by atoms with E-state index in [0.717, 1.165) is 29.3 Å². The topological polar surface area (TPSA) is 86.7 Å². The summed E-state index contributed by atoms with van der Waals surface area (Å²) in [7, 11) is 3.46. The second kappa shape index (κ2) is 5.68. The lowest BCUT2D eigenvalue weighted by atomic mass is 9.98. The monoisotopic (exact) mass is 318 g/mol. The SMILES string of the molecule is CCc1c(C)nn(C)c1NC(=O)C1CCc2nn(C)c(=O)n2C1. The summed E-state index contributed by atoms with van der Waals surface area (Å²) >= 11 is 0. The van der Waals surface area contributed by atoms with E-state index in [2.05, 4.69) is 15.5 Å². The molecular formula is C15H22N6O2. The van der Waals surface area contributed by atoms with Crippen molar-refractivity contribution in [2.24, 2.45) is 20.0 Å². The van der Waals surface area contributed by atoms with Crippen LogP contribution in [0.2, 0.25) is 0 Å². The third kappa shape index (κ3) is 2.58. The largest absolute Gasteiger partial charge is 0.345 e. The molecule has 8 heteroatoms. The van der Waals surface area contributed by atoms with Crippen LogP contribution in [0.3, 0.4) is 0 Å². The van der Waals surface area contributed by atoms with Gasteiger partial charge in [-0.05, 0) is 19.8 Å². The highest BCUT2D eigenvalue weighted by Crippen LogP contribution is 2.23. The summed E-state index contributed by atoms with van der Waals surface area (Å²) < 4.78 is 4.63. The first-order valence-electron chi connectivity index (χ1n) is 7.88. The van der Waals surface area contributed by atoms with Gasteiger partial charge in [0.2, 0.25) is 5.91 Å². The van der Waals surface area contributed by atoms with Crippen molar-refractivity contribution in [3.63, 3.8) is 0 Å². The van der Waals surface area contributed by atoms with Crippen molar-refractivity contribution >= 4 is 11.7 Å². The highest BCUT2D eigenvalue weighted by molar-refractivity contribution is 5.92. The molecule has 1 amide bonds. The van der Waals surface area contributed by atoms with E-state index >= 15 is 0 Å². The first-order chi connectivity index (χ1) is 10.9. The molecule has 3 rings (SSSR count). The molecule has 124 valence electrons. The van der Waals surface area contributed by atoms with E-state index in [4.69, 9.17) is 0 Å². The molecule has 0 bridgehead atoms. The number of hydrogen-bond donors (Lipinski definition) is 1. The van der Waals surface area contributed by atoms with E-state index in [9.17, 15) is 9.59 Å². The summed E-state index contributed by atoms with van der Waals surface area (Å²) in [4.78, 5) is 24.6. The summed E-state index contributed by atoms with van der Waals surface area (Å²) in [6.45, 7) is 4.37. The number of aryl methyl sites for hydroxylation is 4. The van der Waals surface area contributed by atoms with Gasteiger partial charge in [0, 0.05) is 32.6 Å². The summed E-state index contributed by atoms with van der Waals surface area (Å²) in [5, 5.41) is 11.6. The summed E-state index contributed by atoms with van der Waals surface area (Å²) in [6.07, 6.45) is 2.14. The third-order valence-electron chi connectivity index (χ3n) is 4.52. The van der Waals surface area contributed by atoms with Crippen LogP contribution in [0.15, 0.2) is 4.79 Å². The maximum absolute atomic E-state index is 12.6. The third-order valence-corrected chi connectivity index (χ3v) is 4.52. The van der Waals surface area contributed by atoms with Gasteiger partial charge >= 0.3 is 5.69 Å². The first kappa shape index (κ1) is 15.5. The molecule has 0 aromatic carbocycles. The summed E-state index contributed by atoms with van der Waals surface area (Å²) in [5.41, 5.74) is 1.82. The van der Waals surface area contributed by atoms with Gasteiger partial charge in [-0.15, -0.1) is 0 Å². The van der Waals surface area contributed by atoms with Crippen molar-refractivity contribution < 1.29 is 4.79 Å². The number of fused-ring (bicyclic) bond motifs is 1. The fourth-order valence-corrected chi connectivity index (χ4v) is 3.25. The Hall–Kier alpha value is -2.38. The van der Waals surface area contributed by atoms with Crippen molar-refractivity contribution in [3.8, 4) is 0 Å². The molecule has 3 heterocycles. The molecule has 2 aromatic heterocycles. The molecule has 0 saturated heterocycles. The minimum atomic E-state index is -0.232. The number of rotatable bonds is 3. The van der Waals surface area contributed by atoms with Crippen molar-refractivity contribution in [1.29, 1.82) is 0 Å². The van der Waals surface area contributed by atoms with E-state index in [-0.39, 0.29) is 17.5 Å². The lowest BCUT2D eigenvalue weighted by Crippen LogP contribution is -2.36. The Morgan fingerprint density at radius 2 is 2.04 bits per heavy atom. The Labute approximate surface area is 134 Å². The zero-order valence-corrected chi connectivity index (χ0v) is 14.0. The number of carbonyl (C=O) groups is 1. The summed E-state index contributed by atoms with van der Waals surface area (Å²) in [5.74, 6) is 1.21. The highest BCUT2D eigenvalue weighted by atomic mass is 16.2. The van der Waals surface area contributed by atoms with Crippen molar-refractivity contribution in [2.45, 2.75) is 39.7 Å². The molecule has 0 fully saturated rings. The van der Waals surface area contributed by atoms with Gasteiger partial charge in [0.05, 0.1) is 11.6 Å². The summed E-state index contributed by atoms with van der Waals surface area (Å²) in [6, 6.07) is 0. The standard InChI is InChI=1S/C15H22N6O2/c1-5-11-9(2)17-19(3)13(11)16-14(22)10-6-7-12-18-20(4)15(23)21(12)8-10/h10H,5-8H2,1-4H3,(H,16,22). The van der Waals surface area contributed by atoms with Gasteiger partial charge in [0.15, 0.2) is 0 Å². The van der Waals surface area contributed by atoms with Crippen LogP contribution in [0.4, 0.5) is 5.82 Å². The normalized spacial score (nSPS) is 17.1. The van der Waals surface area contributed by atoms with Gasteiger partial charge in [0.25, 0.3) is 0 Å². The van der Waals surface area contributed by atoms with Crippen molar-refractivity contribution in [3.05, 3.63) is 27.6 Å². The molecule has 1 unspecified atom stereocenters. The zero-order chi connectivity index (χ0) is 16.7. The van der Waals surface area contributed by atoms with E-state index < -0.39 is 0 Å². The van der Waals surface area contributed by atoms with Crippen molar-refractivity contribution in [1.82, 2.24) is 24.1 Å². The predicted molar refractivity (Wildman–Crippen MR) is 85.2 cm³/mol. The van der Waals surface area contributed by atoms with Gasteiger partial charge in [0.1, 0.15) is 11.6 Å². The number of hydrogen-bond acceptors (Lipinski definition) is 4. The van der Waals surface area contributed by atoms with E-state index in [1.807, 2.05) is 20.9 Å². The van der Waals surface area contributed by atoms with Gasteiger partial charge in [-0.25, -0.2) is 9.48 Å². The molecule has 1 N–H and O–H groups in total. The molecule has 0 saturated carbocycles. The molecule has 1 aliphatic rings. The Morgan fingerprint density at radius 3 is 2.74 bits per heavy atom. The van der Waals surface area contributed by atoms with Crippen LogP contribution in [0, 0.1) is 12.8 Å². The lowest BCUT2D eigenvalue weighted by molar-refractivity contribution is -0.120. The van der Waals surface area contributed by atoms with Crippen LogP contribution < -0.4 is 11.0 Å². The number of nitrogens with one attached hydrogen (secondary N) is 1. The molecule has 0 aliphatic carbocycles. The van der Waals surface area contributed by atoms with Crippen molar-refractivity contribution in [2.75, 3.05) is 5.32 Å². The molecular weight excluding hydrogens is 296 g/mol. The fraction of sp³-hybridized carbons (Fsp3) is 0.600. The zero-order valence-electron chi connectivity index (χ0n) is 14.0. The maximum Gasteiger partial charge on any atom is 0.345 e. The number of aromatic nitrogens is 5. The van der Waals surface area contributed by atoms with Crippen LogP contribution in [0.25, 0.3) is 0 Å². The molecule has 23 heavy (non-hydrogen) atoms. The lowest BCUT2D eigenvalue weighted by Gasteiger charge is -2.22. The maximum atomic E-state index is 12.6. The highest BCUT2D eigenvalue weighted by Gasteiger charge is 2.28. The molecule has 0 spiro atoms. The van der Waals surface area contributed by atoms with Crippen LogP contribution in [0.1, 0.15) is 30.4 Å². The second-order valence-electron chi connectivity index (χ2n) is 6.05. The van der Waals surface area contributed by atoms with Gasteiger partial charge in [-0.3, -0.25) is 14.0 Å². The number of carbonyl (C=O) groups excluding carboxylic acids is 1. The van der Waals surface area contributed by atoms with E-state index in [1.165, 1.54) is 4.68 Å². The Kier molecular flexibility index (Phi) is 3.83. The molecule has 8 nitrogen and oxygen atoms in total. The smallest absolute Gasteiger partial charge is 0.310 e. The van der Waals surface area contributed by atoms with Gasteiger partial charge in [-0.1, -0.05) is 6.92 Å². The van der Waals surface area contributed by atoms with Gasteiger partial charge < -0.3 is 5.32 Å². The molecule has 1 atom stereocenters. The average Bonchev–Trinajstić information content (AvgIpc) is 2.95. The van der Waals surface area contributed by atoms with E-state index in [1.54, 1.807) is 16.3 Å². The van der Waals surface area contributed by atoms with Gasteiger partial charge in [-0.2, -0.15) is 10.2 Å². The second-order valence-corrected chi connectivity index (χ2v) is 6.05. The van der Waals surface area contributed by atoms with Crippen LogP contribution in [-0.2, 0) is 38.3 Å². The van der Waals surface area contributed by atoms with Crippen LogP contribution >= 0.6 is 0 Å². The Bertz CT molecular complexity index is 813. The Balaban J connectivity index is 1.80.